The van der Waals surface area contributed by atoms with Gasteiger partial charge in [0.15, 0.2) is 5.43 Å². The van der Waals surface area contributed by atoms with E-state index in [9.17, 15) is 19.5 Å². The molecule has 3 aromatic rings. The Kier molecular flexibility index (Phi) is 7.06. The Morgan fingerprint density at radius 2 is 1.67 bits per heavy atom. The monoisotopic (exact) mass is 473 g/mol. The van der Waals surface area contributed by atoms with Crippen molar-refractivity contribution in [2.24, 2.45) is 0 Å². The van der Waals surface area contributed by atoms with Crippen molar-refractivity contribution in [2.75, 3.05) is 31.1 Å². The van der Waals surface area contributed by atoms with Gasteiger partial charge in [-0.1, -0.05) is 18.2 Å². The number of hydrogen-bond acceptors (Lipinski definition) is 5. The molecular formula is C24H21FKN3O4. The van der Waals surface area contributed by atoms with E-state index in [0.29, 0.717) is 42.9 Å². The first-order valence-corrected chi connectivity index (χ1v) is 10.6. The van der Waals surface area contributed by atoms with Crippen LogP contribution in [0.2, 0.25) is 0 Å². The van der Waals surface area contributed by atoms with Crippen molar-refractivity contribution in [3.8, 4) is 0 Å². The van der Waals surface area contributed by atoms with Crippen molar-refractivity contribution in [1.82, 2.24) is 9.47 Å². The molecule has 1 saturated heterocycles. The molecule has 0 radical (unpaired) electrons. The van der Waals surface area contributed by atoms with Gasteiger partial charge in [0.2, 0.25) is 0 Å². The molecule has 7 nitrogen and oxygen atoms in total. The van der Waals surface area contributed by atoms with Gasteiger partial charge in [0, 0.05) is 49.4 Å². The number of fused-ring (bicyclic) bond motifs is 1. The summed E-state index contributed by atoms with van der Waals surface area (Å²) in [6.45, 7) is 1.80. The van der Waals surface area contributed by atoms with Gasteiger partial charge >= 0.3 is 51.4 Å². The molecular weight excluding hydrogens is 452 g/mol. The first-order chi connectivity index (χ1) is 15.4. The third-order valence-corrected chi connectivity index (χ3v) is 6.19. The number of carboxylic acids is 1. The predicted octanol–water partition coefficient (Wildman–Crippen LogP) is -1.19. The molecule has 1 aromatic heterocycles. The Bertz CT molecular complexity index is 1280. The number of amides is 1. The Hall–Kier alpha value is -2.04. The van der Waals surface area contributed by atoms with Gasteiger partial charge in [-0.15, -0.1) is 0 Å². The van der Waals surface area contributed by atoms with Gasteiger partial charge in [0.25, 0.3) is 5.91 Å². The Labute approximate surface area is 232 Å². The summed E-state index contributed by atoms with van der Waals surface area (Å²) in [4.78, 5) is 40.3. The van der Waals surface area contributed by atoms with Crippen LogP contribution >= 0.6 is 0 Å². The standard InChI is InChI=1S/C24H22FN3O4.K/c25-19-12-17-20(28(16-6-7-16)14-18(22(17)29)24(31)32)13-21(19)26-8-10-27(11-9-26)23(30)15-4-2-1-3-5-15;/h1-5,12-14,16H,6-11H2,(H,31,32);/q;+1/p-1. The molecule has 1 amide bonds. The molecule has 164 valence electrons. The molecule has 1 saturated carbocycles. The fourth-order valence-electron chi connectivity index (χ4n) is 4.31. The minimum Gasteiger partial charge on any atom is -0.545 e. The van der Waals surface area contributed by atoms with Crippen LogP contribution < -0.4 is 66.8 Å². The van der Waals surface area contributed by atoms with Gasteiger partial charge in [0.1, 0.15) is 5.82 Å². The van der Waals surface area contributed by atoms with Crippen LogP contribution in [0, 0.1) is 5.82 Å². The average Bonchev–Trinajstić information content (AvgIpc) is 3.65. The number of aromatic carboxylic acids is 1. The van der Waals surface area contributed by atoms with Gasteiger partial charge in [0.05, 0.1) is 22.7 Å². The fraction of sp³-hybridized carbons (Fsp3) is 0.292. The van der Waals surface area contributed by atoms with Crippen LogP contribution in [0.1, 0.15) is 39.6 Å². The van der Waals surface area contributed by atoms with Crippen molar-refractivity contribution >= 4 is 28.5 Å². The third kappa shape index (κ3) is 4.65. The van der Waals surface area contributed by atoms with Crippen LogP contribution in [-0.4, -0.2) is 47.5 Å². The second kappa shape index (κ2) is 9.67. The first kappa shape index (κ1) is 24.1. The van der Waals surface area contributed by atoms with Gasteiger partial charge in [-0.05, 0) is 37.1 Å². The summed E-state index contributed by atoms with van der Waals surface area (Å²) in [6, 6.07) is 11.9. The van der Waals surface area contributed by atoms with E-state index in [2.05, 4.69) is 0 Å². The Morgan fingerprint density at radius 3 is 2.27 bits per heavy atom. The van der Waals surface area contributed by atoms with Crippen LogP contribution in [-0.2, 0) is 0 Å². The van der Waals surface area contributed by atoms with Crippen molar-refractivity contribution in [1.29, 1.82) is 0 Å². The number of carbonyl (C=O) groups excluding carboxylic acids is 2. The van der Waals surface area contributed by atoms with Crippen LogP contribution in [0.25, 0.3) is 10.9 Å². The van der Waals surface area contributed by atoms with Crippen molar-refractivity contribution in [2.45, 2.75) is 18.9 Å². The van der Waals surface area contributed by atoms with E-state index < -0.39 is 22.8 Å². The van der Waals surface area contributed by atoms with Crippen molar-refractivity contribution < 1.29 is 70.5 Å². The maximum Gasteiger partial charge on any atom is 1.00 e. The molecule has 2 aromatic carbocycles. The molecule has 2 heterocycles. The molecule has 0 N–H and O–H groups in total. The zero-order chi connectivity index (χ0) is 22.4. The number of aromatic nitrogens is 1. The van der Waals surface area contributed by atoms with E-state index in [1.165, 1.54) is 6.20 Å². The Balaban J connectivity index is 0.00000259. The number of carboxylic acid groups (broad SMARTS) is 1. The van der Waals surface area contributed by atoms with E-state index in [1.807, 2.05) is 23.1 Å². The maximum absolute atomic E-state index is 15.1. The summed E-state index contributed by atoms with van der Waals surface area (Å²) in [7, 11) is 0. The minimum atomic E-state index is -1.56. The molecule has 1 aliphatic heterocycles. The fourth-order valence-corrected chi connectivity index (χ4v) is 4.31. The summed E-state index contributed by atoms with van der Waals surface area (Å²) in [6.07, 6.45) is 3.06. The normalized spacial score (nSPS) is 15.9. The maximum atomic E-state index is 15.1. The van der Waals surface area contributed by atoms with Gasteiger partial charge in [-0.25, -0.2) is 4.39 Å². The van der Waals surface area contributed by atoms with Crippen LogP contribution in [0.4, 0.5) is 10.1 Å². The van der Waals surface area contributed by atoms with Crippen molar-refractivity contribution in [3.63, 3.8) is 0 Å². The predicted molar refractivity (Wildman–Crippen MR) is 115 cm³/mol. The summed E-state index contributed by atoms with van der Waals surface area (Å²) >= 11 is 0. The topological polar surface area (TPSA) is 85.7 Å². The number of carbonyl (C=O) groups is 2. The van der Waals surface area contributed by atoms with E-state index in [4.69, 9.17) is 0 Å². The molecule has 9 heteroatoms. The molecule has 0 unspecified atom stereocenters. The molecule has 0 spiro atoms. The van der Waals surface area contributed by atoms with Crippen LogP contribution in [0.3, 0.4) is 0 Å². The van der Waals surface area contributed by atoms with Gasteiger partial charge in [-0.3, -0.25) is 9.59 Å². The number of pyridine rings is 1. The van der Waals surface area contributed by atoms with Gasteiger partial charge < -0.3 is 24.3 Å². The van der Waals surface area contributed by atoms with Gasteiger partial charge in [-0.2, -0.15) is 0 Å². The summed E-state index contributed by atoms with van der Waals surface area (Å²) in [5.74, 6) is -2.20. The van der Waals surface area contributed by atoms with Crippen LogP contribution in [0.5, 0.6) is 0 Å². The van der Waals surface area contributed by atoms with Crippen LogP contribution in [0.15, 0.2) is 53.5 Å². The summed E-state index contributed by atoms with van der Waals surface area (Å²) < 4.78 is 16.8. The molecule has 5 rings (SSSR count). The second-order valence-electron chi connectivity index (χ2n) is 8.26. The average molecular weight is 474 g/mol. The zero-order valence-corrected chi connectivity index (χ0v) is 21.4. The number of rotatable bonds is 4. The van der Waals surface area contributed by atoms with E-state index in [0.717, 1.165) is 18.9 Å². The van der Waals surface area contributed by atoms with E-state index >= 15 is 4.39 Å². The smallest absolute Gasteiger partial charge is 0.545 e. The SMILES string of the molecule is O=C([O-])c1cn(C2CC2)c2cc(N3CCN(C(=O)c4ccccc4)CC3)c(F)cc2c1=O.[K+]. The van der Waals surface area contributed by atoms with Crippen molar-refractivity contribution in [3.05, 3.63) is 75.8 Å². The quantitative estimate of drug-likeness (QED) is 0.445. The Morgan fingerprint density at radius 1 is 1.00 bits per heavy atom. The third-order valence-electron chi connectivity index (χ3n) is 6.19. The molecule has 2 aliphatic rings. The molecule has 1 aliphatic carbocycles. The molecule has 2 fully saturated rings. The minimum absolute atomic E-state index is 0. The summed E-state index contributed by atoms with van der Waals surface area (Å²) in [5, 5.41) is 11.4. The largest absolute Gasteiger partial charge is 1.00 e. The van der Waals surface area contributed by atoms with E-state index in [-0.39, 0.29) is 68.7 Å². The molecule has 0 atom stereocenters. The second-order valence-corrected chi connectivity index (χ2v) is 8.26. The first-order valence-electron chi connectivity index (χ1n) is 10.6. The number of benzene rings is 2. The molecule has 0 bridgehead atoms. The van der Waals surface area contributed by atoms with E-state index in [1.54, 1.807) is 27.7 Å². The zero-order valence-electron chi connectivity index (χ0n) is 18.3. The number of halogens is 1. The summed E-state index contributed by atoms with van der Waals surface area (Å²) in [5.41, 5.74) is 0.293. The number of anilines is 1. The number of piperazine rings is 1. The number of nitrogens with zero attached hydrogens (tertiary/aromatic N) is 3. The number of hydrogen-bond donors (Lipinski definition) is 0. The molecule has 33 heavy (non-hydrogen) atoms.